The molecule has 2 heteroatoms. The van der Waals surface area contributed by atoms with Gasteiger partial charge in [-0.05, 0) is 75.7 Å². The Labute approximate surface area is 315 Å². The van der Waals surface area contributed by atoms with Gasteiger partial charge in [-0.15, -0.1) is 0 Å². The smallest absolute Gasteiger partial charge is 0.0562 e. The van der Waals surface area contributed by atoms with Crippen LogP contribution in [0, 0.1) is 0 Å². The molecule has 10 rings (SSSR count). The second-order valence-corrected chi connectivity index (χ2v) is 13.7. The average Bonchev–Trinajstić information content (AvgIpc) is 3.60. The Morgan fingerprint density at radius 3 is 1.56 bits per heavy atom. The predicted octanol–water partition coefficient (Wildman–Crippen LogP) is 14.4. The lowest BCUT2D eigenvalue weighted by atomic mass is 9.96. The fourth-order valence-corrected chi connectivity index (χ4v) is 8.17. The second-order valence-electron chi connectivity index (χ2n) is 13.7. The van der Waals surface area contributed by atoms with Gasteiger partial charge in [0, 0.05) is 27.4 Å². The minimum absolute atomic E-state index is 1.11. The summed E-state index contributed by atoms with van der Waals surface area (Å²) in [6.07, 6.45) is 0. The van der Waals surface area contributed by atoms with Crippen molar-refractivity contribution < 1.29 is 0 Å². The maximum absolute atomic E-state index is 2.47. The molecular formula is C52H36N2. The third kappa shape index (κ3) is 5.36. The van der Waals surface area contributed by atoms with Crippen LogP contribution in [0.2, 0.25) is 0 Å². The standard InChI is InChI=1S/C52H36N2/c1-5-18-37(19-6-1)40-32-33-43(39-22-9-3-10-23-39)51(36-40)54-47-29-16-15-28-46(47)52-49(30-17-31-50(52)54)53(41-24-11-4-12-25-41)48-35-34-42(38-20-7-2-8-21-38)44-26-13-14-27-45(44)48/h1-36H. The highest BCUT2D eigenvalue weighted by Crippen LogP contribution is 2.47. The summed E-state index contributed by atoms with van der Waals surface area (Å²) >= 11 is 0. The summed E-state index contributed by atoms with van der Waals surface area (Å²) in [6.45, 7) is 0. The van der Waals surface area contributed by atoms with Crippen LogP contribution in [-0.4, -0.2) is 4.57 Å². The SMILES string of the molecule is c1ccc(-c2ccc(-c3ccccc3)c(-n3c4ccccc4c4c(N(c5ccccc5)c5ccc(-c6ccccc6)c6ccccc56)cccc43)c2)cc1. The molecule has 0 atom stereocenters. The van der Waals surface area contributed by atoms with Crippen LogP contribution in [-0.2, 0) is 0 Å². The third-order valence-corrected chi connectivity index (χ3v) is 10.6. The normalized spacial score (nSPS) is 11.3. The maximum Gasteiger partial charge on any atom is 0.0562 e. The zero-order valence-electron chi connectivity index (χ0n) is 29.7. The van der Waals surface area contributed by atoms with E-state index in [-0.39, 0.29) is 0 Å². The molecule has 0 aliphatic heterocycles. The van der Waals surface area contributed by atoms with E-state index >= 15 is 0 Å². The largest absolute Gasteiger partial charge is 0.309 e. The minimum Gasteiger partial charge on any atom is -0.309 e. The molecule has 0 unspecified atom stereocenters. The highest BCUT2D eigenvalue weighted by molar-refractivity contribution is 6.18. The molecule has 9 aromatic carbocycles. The van der Waals surface area contributed by atoms with E-state index in [1.165, 1.54) is 60.4 Å². The lowest BCUT2D eigenvalue weighted by Crippen LogP contribution is -2.11. The van der Waals surface area contributed by atoms with Gasteiger partial charge in [-0.1, -0.05) is 176 Å². The van der Waals surface area contributed by atoms with Gasteiger partial charge in [0.05, 0.1) is 28.1 Å². The molecule has 1 aromatic heterocycles. The van der Waals surface area contributed by atoms with E-state index < -0.39 is 0 Å². The Morgan fingerprint density at radius 2 is 0.852 bits per heavy atom. The monoisotopic (exact) mass is 688 g/mol. The number of aromatic nitrogens is 1. The van der Waals surface area contributed by atoms with E-state index in [2.05, 4.69) is 228 Å². The molecule has 0 spiro atoms. The number of fused-ring (bicyclic) bond motifs is 4. The lowest BCUT2D eigenvalue weighted by Gasteiger charge is -2.28. The van der Waals surface area contributed by atoms with E-state index in [1.807, 2.05) is 0 Å². The number of hydrogen-bond acceptors (Lipinski definition) is 1. The zero-order valence-corrected chi connectivity index (χ0v) is 29.7. The molecule has 254 valence electrons. The summed E-state index contributed by atoms with van der Waals surface area (Å²) in [7, 11) is 0. The van der Waals surface area contributed by atoms with Crippen molar-refractivity contribution in [1.29, 1.82) is 0 Å². The highest BCUT2D eigenvalue weighted by atomic mass is 15.1. The fourth-order valence-electron chi connectivity index (χ4n) is 8.17. The van der Waals surface area contributed by atoms with Gasteiger partial charge >= 0.3 is 0 Å². The first-order valence-corrected chi connectivity index (χ1v) is 18.5. The molecule has 0 saturated carbocycles. The van der Waals surface area contributed by atoms with Crippen molar-refractivity contribution >= 4 is 49.6 Å². The summed E-state index contributed by atoms with van der Waals surface area (Å²) in [5.41, 5.74) is 14.0. The molecule has 0 saturated heterocycles. The van der Waals surface area contributed by atoms with Crippen LogP contribution in [0.4, 0.5) is 17.1 Å². The first-order valence-electron chi connectivity index (χ1n) is 18.5. The number of hydrogen-bond donors (Lipinski definition) is 0. The topological polar surface area (TPSA) is 8.17 Å². The Kier molecular flexibility index (Phi) is 7.85. The zero-order chi connectivity index (χ0) is 35.8. The first kappa shape index (κ1) is 31.6. The van der Waals surface area contributed by atoms with E-state index in [0.29, 0.717) is 0 Å². The molecule has 54 heavy (non-hydrogen) atoms. The molecule has 10 aromatic rings. The van der Waals surface area contributed by atoms with Crippen molar-refractivity contribution in [3.8, 4) is 39.1 Å². The van der Waals surface area contributed by atoms with Gasteiger partial charge in [0.15, 0.2) is 0 Å². The maximum atomic E-state index is 2.47. The first-order chi connectivity index (χ1) is 26.8. The number of anilines is 3. The second kappa shape index (κ2) is 13.4. The summed E-state index contributed by atoms with van der Waals surface area (Å²) in [5.74, 6) is 0. The quantitative estimate of drug-likeness (QED) is 0.162. The van der Waals surface area contributed by atoms with Crippen molar-refractivity contribution in [1.82, 2.24) is 4.57 Å². The molecule has 0 bridgehead atoms. The Bertz CT molecular complexity index is 2910. The van der Waals surface area contributed by atoms with Crippen molar-refractivity contribution in [2.45, 2.75) is 0 Å². The summed E-state index contributed by atoms with van der Waals surface area (Å²) in [5, 5.41) is 4.84. The Hall–Kier alpha value is -7.16. The molecule has 0 radical (unpaired) electrons. The van der Waals surface area contributed by atoms with Gasteiger partial charge in [-0.3, -0.25) is 0 Å². The molecule has 0 amide bonds. The average molecular weight is 689 g/mol. The molecule has 0 aliphatic rings. The van der Waals surface area contributed by atoms with Crippen molar-refractivity contribution in [2.75, 3.05) is 4.90 Å². The van der Waals surface area contributed by atoms with Gasteiger partial charge in [0.1, 0.15) is 0 Å². The Morgan fingerprint density at radius 1 is 0.315 bits per heavy atom. The lowest BCUT2D eigenvalue weighted by molar-refractivity contribution is 1.18. The highest BCUT2D eigenvalue weighted by Gasteiger charge is 2.24. The number of benzene rings is 9. The van der Waals surface area contributed by atoms with E-state index in [4.69, 9.17) is 0 Å². The van der Waals surface area contributed by atoms with E-state index in [0.717, 1.165) is 28.3 Å². The van der Waals surface area contributed by atoms with Gasteiger partial charge in [0.2, 0.25) is 0 Å². The van der Waals surface area contributed by atoms with Crippen LogP contribution < -0.4 is 4.90 Å². The van der Waals surface area contributed by atoms with Crippen LogP contribution in [0.3, 0.4) is 0 Å². The fraction of sp³-hybridized carbons (Fsp3) is 0. The number of rotatable bonds is 7. The number of nitrogens with zero attached hydrogens (tertiary/aromatic N) is 2. The van der Waals surface area contributed by atoms with E-state index in [9.17, 15) is 0 Å². The molecular weight excluding hydrogens is 653 g/mol. The van der Waals surface area contributed by atoms with Gasteiger partial charge in [0.25, 0.3) is 0 Å². The Balaban J connectivity index is 1.28. The summed E-state index contributed by atoms with van der Waals surface area (Å²) < 4.78 is 2.47. The van der Waals surface area contributed by atoms with Crippen molar-refractivity contribution in [3.63, 3.8) is 0 Å². The van der Waals surface area contributed by atoms with Gasteiger partial charge in [-0.25, -0.2) is 0 Å². The van der Waals surface area contributed by atoms with Crippen LogP contribution in [0.15, 0.2) is 218 Å². The van der Waals surface area contributed by atoms with Crippen LogP contribution in [0.25, 0.3) is 71.6 Å². The van der Waals surface area contributed by atoms with Gasteiger partial charge in [-0.2, -0.15) is 0 Å². The molecule has 1 heterocycles. The van der Waals surface area contributed by atoms with Crippen LogP contribution in [0.5, 0.6) is 0 Å². The number of para-hydroxylation sites is 2. The van der Waals surface area contributed by atoms with Crippen LogP contribution >= 0.6 is 0 Å². The summed E-state index contributed by atoms with van der Waals surface area (Å²) in [4.78, 5) is 2.45. The molecule has 2 nitrogen and oxygen atoms in total. The van der Waals surface area contributed by atoms with Gasteiger partial charge < -0.3 is 9.47 Å². The van der Waals surface area contributed by atoms with Crippen molar-refractivity contribution in [3.05, 3.63) is 218 Å². The molecule has 0 fully saturated rings. The molecule has 0 N–H and O–H groups in total. The van der Waals surface area contributed by atoms with Crippen molar-refractivity contribution in [2.24, 2.45) is 0 Å². The van der Waals surface area contributed by atoms with E-state index in [1.54, 1.807) is 0 Å². The third-order valence-electron chi connectivity index (χ3n) is 10.6. The predicted molar refractivity (Wildman–Crippen MR) is 229 cm³/mol. The summed E-state index contributed by atoms with van der Waals surface area (Å²) in [6, 6.07) is 78.9. The minimum atomic E-state index is 1.11. The van der Waals surface area contributed by atoms with Crippen LogP contribution in [0.1, 0.15) is 0 Å². The molecule has 0 aliphatic carbocycles.